The molecular weight excluding hydrogens is 454 g/mol. The number of fused-ring (bicyclic) bond motifs is 1. The summed E-state index contributed by atoms with van der Waals surface area (Å²) in [6.45, 7) is 6.49. The average Bonchev–Trinajstić information content (AvgIpc) is 2.82. The maximum atomic E-state index is 14.0. The first-order valence-corrected chi connectivity index (χ1v) is 9.97. The van der Waals surface area contributed by atoms with Crippen molar-refractivity contribution in [2.45, 2.75) is 13.0 Å². The van der Waals surface area contributed by atoms with E-state index in [0.29, 0.717) is 23.7 Å². The number of carbonyl (C=O) groups is 3. The third-order valence-electron chi connectivity index (χ3n) is 4.60. The molecule has 4 rings (SSSR count). The maximum absolute atomic E-state index is 14.0. The van der Waals surface area contributed by atoms with Crippen LogP contribution in [-0.4, -0.2) is 32.1 Å². The third-order valence-corrected chi connectivity index (χ3v) is 4.92. The molecule has 3 aromatic carbocycles. The molecule has 1 atom stereocenters. The highest BCUT2D eigenvalue weighted by atomic mass is 35.5. The van der Waals surface area contributed by atoms with Crippen molar-refractivity contribution in [3.8, 4) is 5.75 Å². The monoisotopic (exact) mass is 474 g/mol. The molecule has 0 fully saturated rings. The fourth-order valence-electron chi connectivity index (χ4n) is 3.29. The highest BCUT2D eigenvalue weighted by molar-refractivity contribution is 6.34. The van der Waals surface area contributed by atoms with E-state index in [4.69, 9.17) is 25.9 Å². The normalized spacial score (nSPS) is 13.8. The van der Waals surface area contributed by atoms with Gasteiger partial charge in [0, 0.05) is 11.4 Å². The summed E-state index contributed by atoms with van der Waals surface area (Å²) in [6.07, 6.45) is -0.0785. The van der Waals surface area contributed by atoms with Gasteiger partial charge in [-0.2, -0.15) is 0 Å². The van der Waals surface area contributed by atoms with E-state index in [-0.39, 0.29) is 22.5 Å². The van der Waals surface area contributed by atoms with Crippen molar-refractivity contribution in [3.05, 3.63) is 82.9 Å². The molecule has 0 aromatic heterocycles. The van der Waals surface area contributed by atoms with Crippen molar-refractivity contribution in [3.63, 3.8) is 0 Å². The first-order valence-electron chi connectivity index (χ1n) is 9.59. The Labute approximate surface area is 194 Å². The number of benzene rings is 3. The number of hydrogen-bond donors (Lipinski definition) is 1. The molecule has 0 saturated heterocycles. The zero-order valence-corrected chi connectivity index (χ0v) is 18.4. The van der Waals surface area contributed by atoms with Crippen LogP contribution in [0.5, 0.6) is 5.75 Å². The van der Waals surface area contributed by atoms with Gasteiger partial charge in [-0.3, -0.25) is 4.79 Å². The van der Waals surface area contributed by atoms with Gasteiger partial charge in [-0.25, -0.2) is 8.78 Å². The topological polar surface area (TPSA) is 75.7 Å². The lowest BCUT2D eigenvalue weighted by molar-refractivity contribution is -0.0987. The Morgan fingerprint density at radius 3 is 2.36 bits per heavy atom. The highest BCUT2D eigenvalue weighted by Crippen LogP contribution is 2.40. The van der Waals surface area contributed by atoms with Crippen LogP contribution in [0.2, 0.25) is 5.02 Å². The van der Waals surface area contributed by atoms with Gasteiger partial charge in [0.15, 0.2) is 0 Å². The maximum Gasteiger partial charge on any atom is 0.260 e. The molecule has 0 spiro atoms. The number of nitrogens with zero attached hydrogens (tertiary/aromatic N) is 1. The predicted molar refractivity (Wildman–Crippen MR) is 124 cm³/mol. The van der Waals surface area contributed by atoms with Crippen molar-refractivity contribution >= 4 is 48.1 Å². The van der Waals surface area contributed by atoms with Crippen molar-refractivity contribution in [1.29, 1.82) is 0 Å². The second-order valence-electron chi connectivity index (χ2n) is 6.75. The third kappa shape index (κ3) is 5.93. The van der Waals surface area contributed by atoms with Gasteiger partial charge < -0.3 is 24.5 Å². The van der Waals surface area contributed by atoms with Crippen LogP contribution in [0.25, 0.3) is 0 Å². The van der Waals surface area contributed by atoms with Gasteiger partial charge in [-0.15, -0.1) is 0 Å². The van der Waals surface area contributed by atoms with Gasteiger partial charge in [0.25, 0.3) is 5.91 Å². The van der Waals surface area contributed by atoms with Crippen LogP contribution in [0.15, 0.2) is 60.7 Å². The lowest BCUT2D eigenvalue weighted by Gasteiger charge is -2.35. The van der Waals surface area contributed by atoms with Crippen molar-refractivity contribution in [2.75, 3.05) is 16.8 Å². The number of rotatable bonds is 3. The van der Waals surface area contributed by atoms with E-state index >= 15 is 0 Å². The molecule has 0 unspecified atom stereocenters. The van der Waals surface area contributed by atoms with Gasteiger partial charge in [-0.05, 0) is 61.5 Å². The van der Waals surface area contributed by atoms with Crippen LogP contribution >= 0.6 is 11.6 Å². The molecule has 172 valence electrons. The zero-order chi connectivity index (χ0) is 24.5. The Bertz CT molecular complexity index is 1090. The minimum absolute atomic E-state index is 0.0329. The highest BCUT2D eigenvalue weighted by Gasteiger charge is 2.25. The van der Waals surface area contributed by atoms with Crippen LogP contribution in [0.3, 0.4) is 0 Å². The van der Waals surface area contributed by atoms with E-state index in [9.17, 15) is 13.6 Å². The van der Waals surface area contributed by atoms with Gasteiger partial charge in [-0.1, -0.05) is 17.7 Å². The van der Waals surface area contributed by atoms with Crippen LogP contribution < -0.4 is 15.0 Å². The van der Waals surface area contributed by atoms with E-state index < -0.39 is 11.7 Å². The molecule has 0 saturated carbocycles. The summed E-state index contributed by atoms with van der Waals surface area (Å²) >= 11 is 5.98. The van der Waals surface area contributed by atoms with E-state index in [1.165, 1.54) is 30.3 Å². The molecule has 1 aliphatic rings. The Balaban J connectivity index is 0.000000914. The second-order valence-corrected chi connectivity index (χ2v) is 7.16. The first-order chi connectivity index (χ1) is 15.9. The largest absolute Gasteiger partial charge is 0.487 e. The van der Waals surface area contributed by atoms with Crippen molar-refractivity contribution in [2.24, 2.45) is 0 Å². The molecule has 9 heteroatoms. The Kier molecular flexibility index (Phi) is 9.06. The van der Waals surface area contributed by atoms with Crippen LogP contribution in [0, 0.1) is 11.6 Å². The number of halogens is 3. The summed E-state index contributed by atoms with van der Waals surface area (Å²) in [6, 6.07) is 15.4. The SMILES string of the molecule is C=O.C=O.C[C@H]1CN(c2ccc(F)cc2)c2cc(NC(=O)c3c(F)cccc3Cl)ccc2O1. The number of nitrogens with one attached hydrogen (secondary N) is 1. The lowest BCUT2D eigenvalue weighted by Crippen LogP contribution is -2.35. The van der Waals surface area contributed by atoms with Crippen LogP contribution in [0.1, 0.15) is 17.3 Å². The van der Waals surface area contributed by atoms with Gasteiger partial charge in [0.05, 0.1) is 22.8 Å². The number of anilines is 3. The molecule has 6 nitrogen and oxygen atoms in total. The molecule has 0 aliphatic carbocycles. The molecule has 1 aliphatic heterocycles. The van der Waals surface area contributed by atoms with Crippen molar-refractivity contribution in [1.82, 2.24) is 0 Å². The number of carbonyl (C=O) groups excluding carboxylic acids is 3. The molecular formula is C24H21ClF2N2O4. The summed E-state index contributed by atoms with van der Waals surface area (Å²) in [5, 5.41) is 2.71. The minimum Gasteiger partial charge on any atom is -0.487 e. The Hall–Kier alpha value is -3.78. The van der Waals surface area contributed by atoms with E-state index in [1.54, 1.807) is 30.3 Å². The molecule has 1 heterocycles. The molecule has 1 N–H and O–H groups in total. The molecule has 3 aromatic rings. The molecule has 0 bridgehead atoms. The Morgan fingerprint density at radius 2 is 1.73 bits per heavy atom. The summed E-state index contributed by atoms with van der Waals surface area (Å²) in [7, 11) is 0. The molecule has 33 heavy (non-hydrogen) atoms. The number of hydrogen-bond acceptors (Lipinski definition) is 5. The predicted octanol–water partition coefficient (Wildman–Crippen LogP) is 5.42. The Morgan fingerprint density at radius 1 is 1.06 bits per heavy atom. The second kappa shape index (κ2) is 11.7. The van der Waals surface area contributed by atoms with E-state index in [0.717, 1.165) is 5.69 Å². The average molecular weight is 475 g/mol. The van der Waals surface area contributed by atoms with Crippen molar-refractivity contribution < 1.29 is 27.9 Å². The molecule has 1 amide bonds. The summed E-state index contributed by atoms with van der Waals surface area (Å²) < 4.78 is 33.2. The van der Waals surface area contributed by atoms with Crippen LogP contribution in [0.4, 0.5) is 25.8 Å². The fraction of sp³-hybridized carbons (Fsp3) is 0.125. The smallest absolute Gasteiger partial charge is 0.260 e. The lowest BCUT2D eigenvalue weighted by atomic mass is 10.1. The fourth-order valence-corrected chi connectivity index (χ4v) is 3.54. The number of amides is 1. The minimum atomic E-state index is -0.696. The summed E-state index contributed by atoms with van der Waals surface area (Å²) in [5.41, 5.74) is 1.75. The standard InChI is InChI=1S/C22H17ClF2N2O2.2CH2O/c1-13-12-27(16-8-5-14(24)6-9-16)19-11-15(7-10-20(19)29-13)26-22(28)21-17(23)3-2-4-18(21)25;2*1-2/h2-11,13H,12H2,1H3,(H,26,28);2*1H2/t13-;;/m0../s1. The zero-order valence-electron chi connectivity index (χ0n) is 17.7. The summed E-state index contributed by atoms with van der Waals surface area (Å²) in [5.74, 6) is -1.03. The number of ether oxygens (including phenoxy) is 1. The van der Waals surface area contributed by atoms with Gasteiger partial charge in [0.1, 0.15) is 37.1 Å². The first kappa shape index (κ1) is 25.5. The van der Waals surface area contributed by atoms with E-state index in [2.05, 4.69) is 5.32 Å². The molecule has 0 radical (unpaired) electrons. The van der Waals surface area contributed by atoms with Gasteiger partial charge in [0.2, 0.25) is 0 Å². The summed E-state index contributed by atoms with van der Waals surface area (Å²) in [4.78, 5) is 30.5. The van der Waals surface area contributed by atoms with Gasteiger partial charge >= 0.3 is 0 Å². The van der Waals surface area contributed by atoms with E-state index in [1.807, 2.05) is 25.4 Å². The quantitative estimate of drug-likeness (QED) is 0.548. The van der Waals surface area contributed by atoms with Crippen LogP contribution in [-0.2, 0) is 9.59 Å².